The standard InChI is InChI=1S/C18H31NO/c1-7-20-17-9-8-13(2)10-15(17)16(19)11-14(3)12-18(4,5)6/h8-10,14,16H,7,11-12,19H2,1-6H3. The minimum Gasteiger partial charge on any atom is -0.494 e. The Hall–Kier alpha value is -1.02. The lowest BCUT2D eigenvalue weighted by Gasteiger charge is -2.26. The summed E-state index contributed by atoms with van der Waals surface area (Å²) in [6.45, 7) is 13.9. The van der Waals surface area contributed by atoms with Crippen molar-refractivity contribution in [2.75, 3.05) is 6.61 Å². The van der Waals surface area contributed by atoms with E-state index in [0.717, 1.165) is 17.7 Å². The summed E-state index contributed by atoms with van der Waals surface area (Å²) < 4.78 is 5.72. The molecule has 0 aliphatic heterocycles. The van der Waals surface area contributed by atoms with Crippen LogP contribution in [0.5, 0.6) is 5.75 Å². The lowest BCUT2D eigenvalue weighted by atomic mass is 9.82. The molecular weight excluding hydrogens is 246 g/mol. The van der Waals surface area contributed by atoms with Crippen LogP contribution in [-0.2, 0) is 0 Å². The Kier molecular flexibility index (Phi) is 6.07. The molecule has 0 saturated heterocycles. The molecule has 0 saturated carbocycles. The molecule has 2 heteroatoms. The maximum Gasteiger partial charge on any atom is 0.124 e. The Balaban J connectivity index is 2.80. The number of benzene rings is 1. The van der Waals surface area contributed by atoms with Crippen LogP contribution < -0.4 is 10.5 Å². The molecule has 0 heterocycles. The van der Waals surface area contributed by atoms with E-state index in [9.17, 15) is 0 Å². The van der Waals surface area contributed by atoms with Crippen molar-refractivity contribution >= 4 is 0 Å². The fourth-order valence-corrected chi connectivity index (χ4v) is 2.93. The molecular formula is C18H31NO. The van der Waals surface area contributed by atoms with Crippen LogP contribution in [-0.4, -0.2) is 6.61 Å². The van der Waals surface area contributed by atoms with E-state index >= 15 is 0 Å². The van der Waals surface area contributed by atoms with E-state index in [0.29, 0.717) is 17.9 Å². The Morgan fingerprint density at radius 1 is 1.25 bits per heavy atom. The van der Waals surface area contributed by atoms with Crippen molar-refractivity contribution in [3.05, 3.63) is 29.3 Å². The van der Waals surface area contributed by atoms with Gasteiger partial charge in [-0.05, 0) is 44.1 Å². The normalized spacial score (nSPS) is 14.9. The summed E-state index contributed by atoms with van der Waals surface area (Å²) in [5.41, 5.74) is 9.17. The van der Waals surface area contributed by atoms with Crippen LogP contribution in [0.15, 0.2) is 18.2 Å². The second kappa shape index (κ2) is 7.12. The summed E-state index contributed by atoms with van der Waals surface area (Å²) in [6, 6.07) is 6.34. The first kappa shape index (κ1) is 17.0. The molecule has 0 amide bonds. The Morgan fingerprint density at radius 2 is 1.90 bits per heavy atom. The predicted octanol–water partition coefficient (Wildman–Crippen LogP) is 4.86. The largest absolute Gasteiger partial charge is 0.494 e. The summed E-state index contributed by atoms with van der Waals surface area (Å²) in [4.78, 5) is 0. The van der Waals surface area contributed by atoms with Crippen molar-refractivity contribution in [2.45, 2.75) is 60.4 Å². The van der Waals surface area contributed by atoms with Gasteiger partial charge >= 0.3 is 0 Å². The van der Waals surface area contributed by atoms with E-state index in [1.807, 2.05) is 13.0 Å². The van der Waals surface area contributed by atoms with Gasteiger partial charge in [0.15, 0.2) is 0 Å². The van der Waals surface area contributed by atoms with E-state index < -0.39 is 0 Å². The van der Waals surface area contributed by atoms with E-state index in [2.05, 4.69) is 46.8 Å². The molecule has 0 aliphatic rings. The Bertz CT molecular complexity index is 420. The number of rotatable bonds is 6. The van der Waals surface area contributed by atoms with Gasteiger partial charge in [0, 0.05) is 11.6 Å². The Morgan fingerprint density at radius 3 is 2.45 bits per heavy atom. The van der Waals surface area contributed by atoms with Crippen LogP contribution in [0.3, 0.4) is 0 Å². The van der Waals surface area contributed by atoms with Crippen LogP contribution in [0.2, 0.25) is 0 Å². The summed E-state index contributed by atoms with van der Waals surface area (Å²) in [7, 11) is 0. The van der Waals surface area contributed by atoms with Crippen molar-refractivity contribution < 1.29 is 4.74 Å². The highest BCUT2D eigenvalue weighted by atomic mass is 16.5. The molecule has 2 atom stereocenters. The van der Waals surface area contributed by atoms with E-state index in [4.69, 9.17) is 10.5 Å². The van der Waals surface area contributed by atoms with E-state index in [-0.39, 0.29) is 6.04 Å². The monoisotopic (exact) mass is 277 g/mol. The average molecular weight is 277 g/mol. The number of hydrogen-bond donors (Lipinski definition) is 1. The SMILES string of the molecule is CCOc1ccc(C)cc1C(N)CC(C)CC(C)(C)C. The quantitative estimate of drug-likeness (QED) is 0.806. The molecule has 2 unspecified atom stereocenters. The van der Waals surface area contributed by atoms with Gasteiger partial charge in [0.1, 0.15) is 5.75 Å². The minimum absolute atomic E-state index is 0.0498. The molecule has 0 aromatic heterocycles. The zero-order valence-electron chi connectivity index (χ0n) is 14.0. The smallest absolute Gasteiger partial charge is 0.124 e. The molecule has 0 aliphatic carbocycles. The van der Waals surface area contributed by atoms with Gasteiger partial charge in [0.2, 0.25) is 0 Å². The third-order valence-corrected chi connectivity index (χ3v) is 3.48. The van der Waals surface area contributed by atoms with Crippen LogP contribution in [0.1, 0.15) is 64.6 Å². The second-order valence-corrected chi connectivity index (χ2v) is 7.19. The fourth-order valence-electron chi connectivity index (χ4n) is 2.93. The van der Waals surface area contributed by atoms with Gasteiger partial charge in [-0.3, -0.25) is 0 Å². The number of ether oxygens (including phenoxy) is 1. The van der Waals surface area contributed by atoms with Crippen molar-refractivity contribution in [3.8, 4) is 5.75 Å². The van der Waals surface area contributed by atoms with Gasteiger partial charge in [0.25, 0.3) is 0 Å². The topological polar surface area (TPSA) is 35.2 Å². The highest BCUT2D eigenvalue weighted by molar-refractivity contribution is 5.39. The van der Waals surface area contributed by atoms with Crippen molar-refractivity contribution in [3.63, 3.8) is 0 Å². The average Bonchev–Trinajstić information content (AvgIpc) is 2.29. The Labute approximate surface area is 124 Å². The molecule has 0 fully saturated rings. The second-order valence-electron chi connectivity index (χ2n) is 7.19. The molecule has 1 aromatic rings. The third kappa shape index (κ3) is 5.54. The van der Waals surface area contributed by atoms with Crippen molar-refractivity contribution in [1.82, 2.24) is 0 Å². The zero-order chi connectivity index (χ0) is 15.3. The van der Waals surface area contributed by atoms with Crippen molar-refractivity contribution in [1.29, 1.82) is 0 Å². The lowest BCUT2D eigenvalue weighted by Crippen LogP contribution is -2.19. The van der Waals surface area contributed by atoms with Gasteiger partial charge < -0.3 is 10.5 Å². The molecule has 0 bridgehead atoms. The van der Waals surface area contributed by atoms with Crippen LogP contribution >= 0.6 is 0 Å². The molecule has 2 nitrogen and oxygen atoms in total. The highest BCUT2D eigenvalue weighted by Gasteiger charge is 2.20. The molecule has 20 heavy (non-hydrogen) atoms. The van der Waals surface area contributed by atoms with Crippen LogP contribution in [0.4, 0.5) is 0 Å². The van der Waals surface area contributed by atoms with Crippen LogP contribution in [0, 0.1) is 18.3 Å². The van der Waals surface area contributed by atoms with E-state index in [1.54, 1.807) is 0 Å². The zero-order valence-corrected chi connectivity index (χ0v) is 14.0. The predicted molar refractivity (Wildman–Crippen MR) is 87.1 cm³/mol. The number of hydrogen-bond acceptors (Lipinski definition) is 2. The van der Waals surface area contributed by atoms with Gasteiger partial charge in [-0.2, -0.15) is 0 Å². The maximum atomic E-state index is 6.43. The molecule has 1 rings (SSSR count). The van der Waals surface area contributed by atoms with Gasteiger partial charge in [-0.1, -0.05) is 45.4 Å². The van der Waals surface area contributed by atoms with Gasteiger partial charge in [0.05, 0.1) is 6.61 Å². The van der Waals surface area contributed by atoms with Gasteiger partial charge in [-0.15, -0.1) is 0 Å². The third-order valence-electron chi connectivity index (χ3n) is 3.48. The van der Waals surface area contributed by atoms with Gasteiger partial charge in [-0.25, -0.2) is 0 Å². The first-order valence-corrected chi connectivity index (χ1v) is 7.72. The number of aryl methyl sites for hydroxylation is 1. The van der Waals surface area contributed by atoms with Crippen molar-refractivity contribution in [2.24, 2.45) is 17.1 Å². The molecule has 1 aromatic carbocycles. The number of nitrogens with two attached hydrogens (primary N) is 1. The summed E-state index contributed by atoms with van der Waals surface area (Å²) in [5.74, 6) is 1.55. The first-order chi connectivity index (χ1) is 9.23. The maximum absolute atomic E-state index is 6.43. The minimum atomic E-state index is 0.0498. The molecule has 2 N–H and O–H groups in total. The summed E-state index contributed by atoms with van der Waals surface area (Å²) in [6.07, 6.45) is 2.19. The fraction of sp³-hybridized carbons (Fsp3) is 0.667. The molecule has 114 valence electrons. The first-order valence-electron chi connectivity index (χ1n) is 7.72. The molecule has 0 radical (unpaired) electrons. The summed E-state index contributed by atoms with van der Waals surface area (Å²) >= 11 is 0. The lowest BCUT2D eigenvalue weighted by molar-refractivity contribution is 0.283. The molecule has 0 spiro atoms. The van der Waals surface area contributed by atoms with Crippen LogP contribution in [0.25, 0.3) is 0 Å². The highest BCUT2D eigenvalue weighted by Crippen LogP contribution is 2.33. The van der Waals surface area contributed by atoms with E-state index in [1.165, 1.54) is 12.0 Å². The summed E-state index contributed by atoms with van der Waals surface area (Å²) in [5, 5.41) is 0.